The number of hydrogen-bond donors (Lipinski definition) is 1. The highest BCUT2D eigenvalue weighted by Crippen LogP contribution is 2.19. The van der Waals surface area contributed by atoms with Crippen LogP contribution < -0.4 is 5.73 Å². The van der Waals surface area contributed by atoms with E-state index in [0.29, 0.717) is 18.8 Å². The van der Waals surface area contributed by atoms with Gasteiger partial charge in [0.05, 0.1) is 18.0 Å². The lowest BCUT2D eigenvalue weighted by atomic mass is 9.97. The summed E-state index contributed by atoms with van der Waals surface area (Å²) in [6.45, 7) is 1.10. The Hall–Kier alpha value is -1.63. The van der Waals surface area contributed by atoms with Crippen LogP contribution in [-0.4, -0.2) is 46.0 Å². The van der Waals surface area contributed by atoms with Crippen LogP contribution in [0.3, 0.4) is 0 Å². The molecule has 7 heteroatoms. The Balaban J connectivity index is 2.02. The van der Waals surface area contributed by atoms with Gasteiger partial charge in [0.25, 0.3) is 0 Å². The molecule has 2 heterocycles. The Kier molecular flexibility index (Phi) is 4.94. The van der Waals surface area contributed by atoms with E-state index in [4.69, 9.17) is 5.73 Å². The van der Waals surface area contributed by atoms with Crippen molar-refractivity contribution in [3.8, 4) is 0 Å². The van der Waals surface area contributed by atoms with Gasteiger partial charge in [0, 0.05) is 25.5 Å². The summed E-state index contributed by atoms with van der Waals surface area (Å²) in [5, 5.41) is 0.768. The summed E-state index contributed by atoms with van der Waals surface area (Å²) in [4.78, 5) is 33.7. The number of carbonyl (C=O) groups excluding carboxylic acids is 2. The highest BCUT2D eigenvalue weighted by atomic mass is 32.2. The maximum atomic E-state index is 12.3. The molecule has 1 atom stereocenters. The molecule has 6 nitrogen and oxygen atoms in total. The standard InChI is InChI=1S/C13H18N4O2S/c1-20-13-10(15-4-5-16-13)7-11(18)17-6-2-3-9(8-17)12(14)19/h4-5,9H,2-3,6-8H2,1H3,(H2,14,19)/t9-/m0/s1. The van der Waals surface area contributed by atoms with Crippen LogP contribution >= 0.6 is 11.8 Å². The molecule has 0 saturated carbocycles. The molecule has 2 N–H and O–H groups in total. The van der Waals surface area contributed by atoms with Gasteiger partial charge in [0.15, 0.2) is 0 Å². The molecular formula is C13H18N4O2S. The van der Waals surface area contributed by atoms with Crippen molar-refractivity contribution >= 4 is 23.6 Å². The van der Waals surface area contributed by atoms with Crippen LogP contribution in [0.2, 0.25) is 0 Å². The average Bonchev–Trinajstić information content (AvgIpc) is 2.48. The highest BCUT2D eigenvalue weighted by Gasteiger charge is 2.27. The summed E-state index contributed by atoms with van der Waals surface area (Å²) < 4.78 is 0. The second-order valence-corrected chi connectivity index (χ2v) is 5.57. The van der Waals surface area contributed by atoms with E-state index in [2.05, 4.69) is 9.97 Å². The van der Waals surface area contributed by atoms with Gasteiger partial charge >= 0.3 is 0 Å². The smallest absolute Gasteiger partial charge is 0.228 e. The second kappa shape index (κ2) is 6.69. The Morgan fingerprint density at radius 3 is 2.90 bits per heavy atom. The van der Waals surface area contributed by atoms with Crippen molar-refractivity contribution in [2.75, 3.05) is 19.3 Å². The van der Waals surface area contributed by atoms with Crippen LogP contribution in [0.15, 0.2) is 17.4 Å². The normalized spacial score (nSPS) is 18.9. The number of rotatable bonds is 4. The number of nitrogens with two attached hydrogens (primary N) is 1. The van der Waals surface area contributed by atoms with E-state index >= 15 is 0 Å². The number of aromatic nitrogens is 2. The lowest BCUT2D eigenvalue weighted by molar-refractivity contribution is -0.134. The van der Waals surface area contributed by atoms with Crippen molar-refractivity contribution in [2.24, 2.45) is 11.7 Å². The zero-order valence-electron chi connectivity index (χ0n) is 11.4. The first-order chi connectivity index (χ1) is 9.61. The predicted molar refractivity (Wildman–Crippen MR) is 76.0 cm³/mol. The minimum Gasteiger partial charge on any atom is -0.369 e. The molecule has 1 aromatic heterocycles. The molecule has 0 spiro atoms. The summed E-state index contributed by atoms with van der Waals surface area (Å²) in [5.74, 6) is -0.576. The third-order valence-corrected chi connectivity index (χ3v) is 4.15. The number of nitrogens with zero attached hydrogens (tertiary/aromatic N) is 3. The topological polar surface area (TPSA) is 89.2 Å². The highest BCUT2D eigenvalue weighted by molar-refractivity contribution is 7.98. The van der Waals surface area contributed by atoms with Gasteiger partial charge in [-0.1, -0.05) is 0 Å². The molecular weight excluding hydrogens is 276 g/mol. The first kappa shape index (κ1) is 14.8. The number of hydrogen-bond acceptors (Lipinski definition) is 5. The van der Waals surface area contributed by atoms with E-state index in [1.165, 1.54) is 11.8 Å². The van der Waals surface area contributed by atoms with Gasteiger partial charge in [-0.05, 0) is 19.1 Å². The van der Waals surface area contributed by atoms with Crippen LogP contribution in [0, 0.1) is 5.92 Å². The van der Waals surface area contributed by atoms with E-state index in [9.17, 15) is 9.59 Å². The van der Waals surface area contributed by atoms with Gasteiger partial charge in [-0.3, -0.25) is 14.6 Å². The molecule has 2 amide bonds. The van der Waals surface area contributed by atoms with Gasteiger partial charge < -0.3 is 10.6 Å². The monoisotopic (exact) mass is 294 g/mol. The Labute approximate surface area is 122 Å². The van der Waals surface area contributed by atoms with Gasteiger partial charge in [0.2, 0.25) is 11.8 Å². The second-order valence-electron chi connectivity index (χ2n) is 4.77. The lowest BCUT2D eigenvalue weighted by Gasteiger charge is -2.31. The minimum atomic E-state index is -0.327. The molecule has 108 valence electrons. The molecule has 1 fully saturated rings. The average molecular weight is 294 g/mol. The summed E-state index contributed by atoms with van der Waals surface area (Å²) in [6, 6.07) is 0. The summed E-state index contributed by atoms with van der Waals surface area (Å²) in [7, 11) is 0. The van der Waals surface area contributed by atoms with E-state index in [1.807, 2.05) is 6.26 Å². The molecule has 1 aromatic rings. The summed E-state index contributed by atoms with van der Waals surface area (Å²) >= 11 is 1.47. The first-order valence-electron chi connectivity index (χ1n) is 6.52. The van der Waals surface area contributed by atoms with E-state index < -0.39 is 0 Å². The van der Waals surface area contributed by atoms with Crippen molar-refractivity contribution < 1.29 is 9.59 Å². The molecule has 20 heavy (non-hydrogen) atoms. The van der Waals surface area contributed by atoms with Crippen LogP contribution in [0.5, 0.6) is 0 Å². The molecule has 0 radical (unpaired) electrons. The SMILES string of the molecule is CSc1nccnc1CC(=O)N1CCC[C@H](C(N)=O)C1. The van der Waals surface area contributed by atoms with Crippen LogP contribution in [-0.2, 0) is 16.0 Å². The molecule has 2 rings (SSSR count). The Bertz CT molecular complexity index is 509. The van der Waals surface area contributed by atoms with Gasteiger partial charge in [-0.2, -0.15) is 0 Å². The number of carbonyl (C=O) groups is 2. The number of thioether (sulfide) groups is 1. The fourth-order valence-electron chi connectivity index (χ4n) is 2.34. The summed E-state index contributed by atoms with van der Waals surface area (Å²) in [5.41, 5.74) is 6.01. The first-order valence-corrected chi connectivity index (χ1v) is 7.75. The van der Waals surface area contributed by atoms with Crippen molar-refractivity contribution in [1.29, 1.82) is 0 Å². The van der Waals surface area contributed by atoms with Crippen LogP contribution in [0.4, 0.5) is 0 Å². The number of primary amides is 1. The van der Waals surface area contributed by atoms with Gasteiger partial charge in [-0.25, -0.2) is 4.98 Å². The van der Waals surface area contributed by atoms with Crippen molar-refractivity contribution in [2.45, 2.75) is 24.3 Å². The third kappa shape index (κ3) is 3.47. The zero-order chi connectivity index (χ0) is 14.5. The van der Waals surface area contributed by atoms with E-state index in [-0.39, 0.29) is 24.2 Å². The molecule has 1 aliphatic heterocycles. The van der Waals surface area contributed by atoms with Gasteiger partial charge in [0.1, 0.15) is 5.03 Å². The van der Waals surface area contributed by atoms with E-state index in [1.54, 1.807) is 17.3 Å². The largest absolute Gasteiger partial charge is 0.369 e. The fourth-order valence-corrected chi connectivity index (χ4v) is 2.86. The predicted octanol–water partition coefficient (Wildman–Crippen LogP) is 0.465. The lowest BCUT2D eigenvalue weighted by Crippen LogP contribution is -2.44. The quantitative estimate of drug-likeness (QED) is 0.815. The molecule has 0 aliphatic carbocycles. The number of piperidine rings is 1. The summed E-state index contributed by atoms with van der Waals surface area (Å²) in [6.07, 6.45) is 6.90. The van der Waals surface area contributed by atoms with Crippen molar-refractivity contribution in [3.05, 3.63) is 18.1 Å². The van der Waals surface area contributed by atoms with Crippen LogP contribution in [0.1, 0.15) is 18.5 Å². The molecule has 0 bridgehead atoms. The maximum Gasteiger partial charge on any atom is 0.228 e. The number of likely N-dealkylation sites (tertiary alicyclic amines) is 1. The zero-order valence-corrected chi connectivity index (χ0v) is 12.2. The molecule has 1 aliphatic rings. The number of amides is 2. The molecule has 0 aromatic carbocycles. The molecule has 0 unspecified atom stereocenters. The third-order valence-electron chi connectivity index (χ3n) is 3.42. The Morgan fingerprint density at radius 2 is 2.20 bits per heavy atom. The minimum absolute atomic E-state index is 0.0215. The maximum absolute atomic E-state index is 12.3. The Morgan fingerprint density at radius 1 is 1.45 bits per heavy atom. The van der Waals surface area contributed by atoms with Crippen molar-refractivity contribution in [3.63, 3.8) is 0 Å². The van der Waals surface area contributed by atoms with Gasteiger partial charge in [-0.15, -0.1) is 11.8 Å². The fraction of sp³-hybridized carbons (Fsp3) is 0.538. The van der Waals surface area contributed by atoms with Crippen LogP contribution in [0.25, 0.3) is 0 Å². The molecule has 1 saturated heterocycles. The van der Waals surface area contributed by atoms with Crippen molar-refractivity contribution in [1.82, 2.24) is 14.9 Å². The van der Waals surface area contributed by atoms with E-state index in [0.717, 1.165) is 17.9 Å².